The smallest absolute Gasteiger partial charge is 0.272 e. The number of aliphatic hydroxyl groups is 1. The lowest BCUT2D eigenvalue weighted by Gasteiger charge is -2.06. The second-order valence-corrected chi connectivity index (χ2v) is 4.24. The van der Waals surface area contributed by atoms with Crippen LogP contribution in [0.5, 0.6) is 0 Å². The topological polar surface area (TPSA) is 54.6 Å². The molecule has 0 fully saturated rings. The summed E-state index contributed by atoms with van der Waals surface area (Å²) >= 11 is 8.75. The fourth-order valence-corrected chi connectivity index (χ4v) is 1.94. The van der Waals surface area contributed by atoms with Gasteiger partial charge in [-0.1, -0.05) is 11.6 Å². The largest absolute Gasteiger partial charge is 0.390 e. The van der Waals surface area contributed by atoms with E-state index in [2.05, 4.69) is 20.9 Å². The molecule has 0 bridgehead atoms. The van der Waals surface area contributed by atoms with E-state index in [1.54, 1.807) is 0 Å². The van der Waals surface area contributed by atoms with Gasteiger partial charge in [-0.3, -0.25) is 9.20 Å². The van der Waals surface area contributed by atoms with E-state index in [9.17, 15) is 9.18 Å². The Morgan fingerprint density at radius 2 is 2.31 bits per heavy atom. The molecule has 0 atom stereocenters. The van der Waals surface area contributed by atoms with Gasteiger partial charge in [0.2, 0.25) is 0 Å². The Labute approximate surface area is 102 Å². The van der Waals surface area contributed by atoms with Crippen molar-refractivity contribution >= 4 is 33.2 Å². The zero-order valence-electron chi connectivity index (χ0n) is 7.75. The highest BCUT2D eigenvalue weighted by Gasteiger charge is 2.12. The highest BCUT2D eigenvalue weighted by molar-refractivity contribution is 9.10. The molecule has 0 saturated heterocycles. The Kier molecular flexibility index (Phi) is 2.96. The lowest BCUT2D eigenvalue weighted by molar-refractivity contribution is 0.276. The molecule has 0 unspecified atom stereocenters. The van der Waals surface area contributed by atoms with Crippen molar-refractivity contribution < 1.29 is 9.50 Å². The molecule has 7 heteroatoms. The predicted octanol–water partition coefficient (Wildman–Crippen LogP) is 1.74. The van der Waals surface area contributed by atoms with Crippen molar-refractivity contribution in [3.05, 3.63) is 43.6 Å². The van der Waals surface area contributed by atoms with Crippen LogP contribution in [0, 0.1) is 5.82 Å². The summed E-state index contributed by atoms with van der Waals surface area (Å²) in [6.07, 6.45) is 0.989. The van der Waals surface area contributed by atoms with E-state index in [4.69, 9.17) is 16.7 Å². The molecule has 2 heterocycles. The third kappa shape index (κ3) is 1.73. The van der Waals surface area contributed by atoms with Crippen LogP contribution in [0.4, 0.5) is 4.39 Å². The van der Waals surface area contributed by atoms with Crippen LogP contribution in [-0.2, 0) is 6.61 Å². The molecule has 0 saturated carbocycles. The number of fused-ring (bicyclic) bond motifs is 1. The van der Waals surface area contributed by atoms with Crippen molar-refractivity contribution in [3.8, 4) is 0 Å². The Balaban J connectivity index is 2.99. The van der Waals surface area contributed by atoms with Crippen LogP contribution in [-0.4, -0.2) is 14.5 Å². The first-order valence-electron chi connectivity index (χ1n) is 4.21. The molecular weight excluding hydrogens is 302 g/mol. The van der Waals surface area contributed by atoms with E-state index in [-0.39, 0.29) is 20.8 Å². The summed E-state index contributed by atoms with van der Waals surface area (Å²) in [5.41, 5.74) is -0.241. The number of hydrogen-bond donors (Lipinski definition) is 1. The fourth-order valence-electron chi connectivity index (χ4n) is 1.30. The second kappa shape index (κ2) is 4.12. The lowest BCUT2D eigenvalue weighted by Crippen LogP contribution is -2.19. The number of hydrogen-bond acceptors (Lipinski definition) is 3. The van der Waals surface area contributed by atoms with Crippen LogP contribution in [0.25, 0.3) is 5.65 Å². The third-order valence-corrected chi connectivity index (χ3v) is 3.08. The van der Waals surface area contributed by atoms with Gasteiger partial charge in [0.15, 0.2) is 5.65 Å². The molecule has 0 spiro atoms. The molecule has 2 aromatic heterocycles. The molecule has 0 aliphatic carbocycles. The third-order valence-electron chi connectivity index (χ3n) is 2.01. The van der Waals surface area contributed by atoms with E-state index in [1.165, 1.54) is 0 Å². The van der Waals surface area contributed by atoms with Crippen LogP contribution >= 0.6 is 27.5 Å². The molecule has 2 aromatic rings. The summed E-state index contributed by atoms with van der Waals surface area (Å²) in [6, 6.07) is 1.05. The van der Waals surface area contributed by atoms with Gasteiger partial charge in [0, 0.05) is 6.20 Å². The summed E-state index contributed by atoms with van der Waals surface area (Å²) in [7, 11) is 0. The molecule has 0 radical (unpaired) electrons. The fraction of sp³-hybridized carbons (Fsp3) is 0.111. The van der Waals surface area contributed by atoms with Gasteiger partial charge >= 0.3 is 0 Å². The van der Waals surface area contributed by atoms with Gasteiger partial charge < -0.3 is 5.11 Å². The number of aromatic nitrogens is 2. The summed E-state index contributed by atoms with van der Waals surface area (Å²) in [5, 5.41) is 9.00. The molecular formula is C9H5BrClFN2O2. The molecule has 0 aliphatic heterocycles. The standard InChI is InChI=1S/C9H5BrClFN2O2/c10-7-6(3-15)13-8-5(11)1-4(12)2-14(8)9(7)16/h1-2,15H,3H2. The van der Waals surface area contributed by atoms with Gasteiger partial charge in [0.05, 0.1) is 17.3 Å². The Hall–Kier alpha value is -0.980. The molecule has 16 heavy (non-hydrogen) atoms. The van der Waals surface area contributed by atoms with Crippen LogP contribution in [0.3, 0.4) is 0 Å². The first-order valence-corrected chi connectivity index (χ1v) is 5.38. The molecule has 0 aliphatic rings. The minimum absolute atomic E-state index is 0.0132. The van der Waals surface area contributed by atoms with Gasteiger partial charge in [-0.05, 0) is 22.0 Å². The average Bonchev–Trinajstić information content (AvgIpc) is 2.24. The van der Waals surface area contributed by atoms with Crippen molar-refractivity contribution in [1.82, 2.24) is 9.38 Å². The number of rotatable bonds is 1. The van der Waals surface area contributed by atoms with Gasteiger partial charge in [0.1, 0.15) is 10.3 Å². The number of halogens is 3. The van der Waals surface area contributed by atoms with Crippen LogP contribution in [0.2, 0.25) is 5.02 Å². The summed E-state index contributed by atoms with van der Waals surface area (Å²) < 4.78 is 14.1. The summed E-state index contributed by atoms with van der Waals surface area (Å²) in [4.78, 5) is 15.7. The zero-order chi connectivity index (χ0) is 11.9. The molecule has 2 rings (SSSR count). The van der Waals surface area contributed by atoms with Crippen LogP contribution in [0.1, 0.15) is 5.69 Å². The minimum Gasteiger partial charge on any atom is -0.390 e. The second-order valence-electron chi connectivity index (χ2n) is 3.04. The monoisotopic (exact) mass is 306 g/mol. The van der Waals surface area contributed by atoms with Gasteiger partial charge in [0.25, 0.3) is 5.56 Å². The normalized spacial score (nSPS) is 11.0. The molecule has 0 amide bonds. The maximum atomic E-state index is 13.1. The Morgan fingerprint density at radius 3 is 2.94 bits per heavy atom. The van der Waals surface area contributed by atoms with E-state index >= 15 is 0 Å². The van der Waals surface area contributed by atoms with Crippen LogP contribution in [0.15, 0.2) is 21.5 Å². The van der Waals surface area contributed by atoms with E-state index in [0.29, 0.717) is 0 Å². The molecule has 84 valence electrons. The van der Waals surface area contributed by atoms with Crippen molar-refractivity contribution in [3.63, 3.8) is 0 Å². The van der Waals surface area contributed by atoms with Crippen LogP contribution < -0.4 is 5.56 Å². The maximum absolute atomic E-state index is 13.1. The lowest BCUT2D eigenvalue weighted by atomic mass is 10.4. The Morgan fingerprint density at radius 1 is 1.62 bits per heavy atom. The highest BCUT2D eigenvalue weighted by atomic mass is 79.9. The summed E-state index contributed by atoms with van der Waals surface area (Å²) in [5.74, 6) is -0.634. The quantitative estimate of drug-likeness (QED) is 0.873. The SMILES string of the molecule is O=c1c(Br)c(CO)nc2c(Cl)cc(F)cn12. The number of pyridine rings is 1. The molecule has 0 aromatic carbocycles. The average molecular weight is 308 g/mol. The van der Waals surface area contributed by atoms with Crippen molar-refractivity contribution in [2.24, 2.45) is 0 Å². The molecule has 1 N–H and O–H groups in total. The van der Waals surface area contributed by atoms with E-state index < -0.39 is 18.0 Å². The van der Waals surface area contributed by atoms with Gasteiger partial charge in [-0.25, -0.2) is 9.37 Å². The first kappa shape index (κ1) is 11.5. The Bertz CT molecular complexity index is 629. The highest BCUT2D eigenvalue weighted by Crippen LogP contribution is 2.18. The van der Waals surface area contributed by atoms with E-state index in [0.717, 1.165) is 16.7 Å². The number of aliphatic hydroxyl groups excluding tert-OH is 1. The summed E-state index contributed by atoms with van der Waals surface area (Å²) in [6.45, 7) is -0.403. The minimum atomic E-state index is -0.634. The van der Waals surface area contributed by atoms with Gasteiger partial charge in [-0.15, -0.1) is 0 Å². The van der Waals surface area contributed by atoms with Gasteiger partial charge in [-0.2, -0.15) is 0 Å². The first-order chi connectivity index (χ1) is 7.54. The van der Waals surface area contributed by atoms with Crippen molar-refractivity contribution in [2.45, 2.75) is 6.61 Å². The molecule has 4 nitrogen and oxygen atoms in total. The maximum Gasteiger partial charge on any atom is 0.272 e. The van der Waals surface area contributed by atoms with E-state index in [1.807, 2.05) is 0 Å². The predicted molar refractivity (Wildman–Crippen MR) is 60.1 cm³/mol. The zero-order valence-corrected chi connectivity index (χ0v) is 10.1. The van der Waals surface area contributed by atoms with Crippen molar-refractivity contribution in [1.29, 1.82) is 0 Å². The number of nitrogens with zero attached hydrogens (tertiary/aromatic N) is 2. The van der Waals surface area contributed by atoms with Crippen molar-refractivity contribution in [2.75, 3.05) is 0 Å².